The lowest BCUT2D eigenvalue weighted by Crippen LogP contribution is -2.40. The van der Waals surface area contributed by atoms with Crippen LogP contribution in [0.25, 0.3) is 10.8 Å². The summed E-state index contributed by atoms with van der Waals surface area (Å²) in [6.07, 6.45) is 0.865. The molecule has 1 aliphatic heterocycles. The summed E-state index contributed by atoms with van der Waals surface area (Å²) >= 11 is 0. The lowest BCUT2D eigenvalue weighted by molar-refractivity contribution is -0.122. The van der Waals surface area contributed by atoms with Gasteiger partial charge in [0.25, 0.3) is 5.91 Å². The van der Waals surface area contributed by atoms with E-state index in [0.29, 0.717) is 19.6 Å². The van der Waals surface area contributed by atoms with Crippen LogP contribution < -0.4 is 5.32 Å². The third kappa shape index (κ3) is 5.17. The van der Waals surface area contributed by atoms with E-state index in [1.807, 2.05) is 61.2 Å². The van der Waals surface area contributed by atoms with Gasteiger partial charge in [0.05, 0.1) is 12.6 Å². The first-order valence-electron chi connectivity index (χ1n) is 11.4. The quantitative estimate of drug-likeness (QED) is 0.662. The van der Waals surface area contributed by atoms with Gasteiger partial charge in [-0.05, 0) is 48.7 Å². The standard InChI is InChI=1S/C27H31N3O2/c1-20-8-5-11-23(18-20)27(32)30-15-7-14-29(16-17-30)19-26(31)28-21(2)24-13-6-10-22-9-3-4-12-25(22)24/h3-6,8-13,18,21H,7,14-17,19H2,1-2H3,(H,28,31)/t21-/m1/s1. The predicted octanol–water partition coefficient (Wildman–Crippen LogP) is 4.17. The van der Waals surface area contributed by atoms with Crippen LogP contribution in [0.4, 0.5) is 0 Å². The second kappa shape index (κ2) is 9.96. The van der Waals surface area contributed by atoms with Gasteiger partial charge in [-0.1, -0.05) is 60.2 Å². The number of aryl methyl sites for hydroxylation is 1. The van der Waals surface area contributed by atoms with E-state index in [-0.39, 0.29) is 17.9 Å². The average Bonchev–Trinajstić information content (AvgIpc) is 3.03. The van der Waals surface area contributed by atoms with Gasteiger partial charge in [0.15, 0.2) is 0 Å². The van der Waals surface area contributed by atoms with Gasteiger partial charge in [0, 0.05) is 31.7 Å². The van der Waals surface area contributed by atoms with Crippen LogP contribution in [0.1, 0.15) is 40.9 Å². The number of carbonyl (C=O) groups excluding carboxylic acids is 2. The Kier molecular flexibility index (Phi) is 6.86. The van der Waals surface area contributed by atoms with Gasteiger partial charge in [-0.2, -0.15) is 0 Å². The molecular weight excluding hydrogens is 398 g/mol. The van der Waals surface area contributed by atoms with Gasteiger partial charge in [-0.3, -0.25) is 14.5 Å². The van der Waals surface area contributed by atoms with Crippen LogP contribution in [0.15, 0.2) is 66.7 Å². The zero-order valence-corrected chi connectivity index (χ0v) is 18.9. The van der Waals surface area contributed by atoms with Crippen molar-refractivity contribution in [3.05, 3.63) is 83.4 Å². The Bertz CT molecular complexity index is 1110. The van der Waals surface area contributed by atoms with Crippen molar-refractivity contribution in [2.45, 2.75) is 26.3 Å². The van der Waals surface area contributed by atoms with E-state index in [2.05, 4.69) is 34.5 Å². The maximum absolute atomic E-state index is 12.9. The van der Waals surface area contributed by atoms with Crippen molar-refractivity contribution in [2.24, 2.45) is 0 Å². The summed E-state index contributed by atoms with van der Waals surface area (Å²) in [5.41, 5.74) is 2.95. The molecule has 1 N–H and O–H groups in total. The highest BCUT2D eigenvalue weighted by atomic mass is 16.2. The number of benzene rings is 3. The number of hydrogen-bond donors (Lipinski definition) is 1. The first kappa shape index (κ1) is 22.0. The van der Waals surface area contributed by atoms with Crippen molar-refractivity contribution in [3.8, 4) is 0 Å². The lowest BCUT2D eigenvalue weighted by atomic mass is 10.00. The van der Waals surface area contributed by atoms with E-state index < -0.39 is 0 Å². The Balaban J connectivity index is 1.33. The minimum absolute atomic E-state index is 0.0175. The second-order valence-corrected chi connectivity index (χ2v) is 8.65. The number of hydrogen-bond acceptors (Lipinski definition) is 3. The largest absolute Gasteiger partial charge is 0.348 e. The highest BCUT2D eigenvalue weighted by Gasteiger charge is 2.22. The number of amides is 2. The fraction of sp³-hybridized carbons (Fsp3) is 0.333. The minimum Gasteiger partial charge on any atom is -0.348 e. The summed E-state index contributed by atoms with van der Waals surface area (Å²) < 4.78 is 0. The smallest absolute Gasteiger partial charge is 0.253 e. The Labute approximate surface area is 190 Å². The van der Waals surface area contributed by atoms with Crippen LogP contribution in [0.5, 0.6) is 0 Å². The Morgan fingerprint density at radius 2 is 1.72 bits per heavy atom. The lowest BCUT2D eigenvalue weighted by Gasteiger charge is -2.23. The molecule has 0 bridgehead atoms. The highest BCUT2D eigenvalue weighted by molar-refractivity contribution is 5.94. The van der Waals surface area contributed by atoms with E-state index in [9.17, 15) is 9.59 Å². The molecule has 0 aliphatic carbocycles. The molecular formula is C27H31N3O2. The van der Waals surface area contributed by atoms with E-state index in [4.69, 9.17) is 0 Å². The van der Waals surface area contributed by atoms with Gasteiger partial charge in [0.1, 0.15) is 0 Å². The van der Waals surface area contributed by atoms with Crippen LogP contribution in [-0.4, -0.2) is 54.3 Å². The zero-order chi connectivity index (χ0) is 22.5. The molecule has 1 saturated heterocycles. The molecule has 5 nitrogen and oxygen atoms in total. The fourth-order valence-corrected chi connectivity index (χ4v) is 4.49. The van der Waals surface area contributed by atoms with Crippen molar-refractivity contribution < 1.29 is 9.59 Å². The molecule has 1 fully saturated rings. The van der Waals surface area contributed by atoms with E-state index in [1.165, 1.54) is 10.8 Å². The number of rotatable bonds is 5. The van der Waals surface area contributed by atoms with Crippen LogP contribution in [0.2, 0.25) is 0 Å². The number of nitrogens with zero attached hydrogens (tertiary/aromatic N) is 2. The zero-order valence-electron chi connectivity index (χ0n) is 18.9. The fourth-order valence-electron chi connectivity index (χ4n) is 4.49. The average molecular weight is 430 g/mol. The van der Waals surface area contributed by atoms with Gasteiger partial charge in [-0.15, -0.1) is 0 Å². The summed E-state index contributed by atoms with van der Waals surface area (Å²) in [4.78, 5) is 29.7. The summed E-state index contributed by atoms with van der Waals surface area (Å²) in [5, 5.41) is 5.51. The molecule has 0 saturated carbocycles. The molecule has 3 aromatic carbocycles. The first-order chi connectivity index (χ1) is 15.5. The van der Waals surface area contributed by atoms with Gasteiger partial charge in [-0.25, -0.2) is 0 Å². The molecule has 0 unspecified atom stereocenters. The predicted molar refractivity (Wildman–Crippen MR) is 129 cm³/mol. The summed E-state index contributed by atoms with van der Waals surface area (Å²) in [5.74, 6) is 0.0912. The molecule has 1 atom stereocenters. The maximum atomic E-state index is 12.9. The SMILES string of the molecule is Cc1cccc(C(=O)N2CCCN(CC(=O)N[C@H](C)c3cccc4ccccc34)CC2)c1. The van der Waals surface area contributed by atoms with Crippen molar-refractivity contribution >= 4 is 22.6 Å². The topological polar surface area (TPSA) is 52.7 Å². The number of nitrogens with one attached hydrogen (secondary N) is 1. The van der Waals surface area contributed by atoms with Gasteiger partial charge in [0.2, 0.25) is 5.91 Å². The summed E-state index contributed by atoms with van der Waals surface area (Å²) in [7, 11) is 0. The molecule has 32 heavy (non-hydrogen) atoms. The molecule has 0 spiro atoms. The van der Waals surface area contributed by atoms with Gasteiger partial charge < -0.3 is 10.2 Å². The Morgan fingerprint density at radius 3 is 2.56 bits per heavy atom. The van der Waals surface area contributed by atoms with Crippen LogP contribution in [-0.2, 0) is 4.79 Å². The molecule has 1 heterocycles. The van der Waals surface area contributed by atoms with Crippen molar-refractivity contribution in [1.29, 1.82) is 0 Å². The second-order valence-electron chi connectivity index (χ2n) is 8.65. The Morgan fingerprint density at radius 1 is 0.938 bits per heavy atom. The summed E-state index contributed by atoms with van der Waals surface area (Å²) in [6.45, 7) is 7.25. The third-order valence-electron chi connectivity index (χ3n) is 6.18. The highest BCUT2D eigenvalue weighted by Crippen LogP contribution is 2.24. The van der Waals surface area contributed by atoms with Crippen LogP contribution in [0, 0.1) is 6.92 Å². The van der Waals surface area contributed by atoms with Crippen molar-refractivity contribution in [2.75, 3.05) is 32.7 Å². The first-order valence-corrected chi connectivity index (χ1v) is 11.4. The molecule has 3 aromatic rings. The molecule has 2 amide bonds. The molecule has 0 aromatic heterocycles. The van der Waals surface area contributed by atoms with Crippen LogP contribution >= 0.6 is 0 Å². The molecule has 166 valence electrons. The Hall–Kier alpha value is -3.18. The molecule has 0 radical (unpaired) electrons. The minimum atomic E-state index is -0.0695. The van der Waals surface area contributed by atoms with Crippen LogP contribution in [0.3, 0.4) is 0 Å². The molecule has 4 rings (SSSR count). The summed E-state index contributed by atoms with van der Waals surface area (Å²) in [6, 6.07) is 22.1. The third-order valence-corrected chi connectivity index (χ3v) is 6.18. The normalized spacial score (nSPS) is 15.9. The van der Waals surface area contributed by atoms with E-state index in [0.717, 1.165) is 36.2 Å². The van der Waals surface area contributed by atoms with Crippen molar-refractivity contribution in [1.82, 2.24) is 15.1 Å². The maximum Gasteiger partial charge on any atom is 0.253 e. The van der Waals surface area contributed by atoms with Crippen molar-refractivity contribution in [3.63, 3.8) is 0 Å². The van der Waals surface area contributed by atoms with E-state index in [1.54, 1.807) is 0 Å². The number of carbonyl (C=O) groups is 2. The van der Waals surface area contributed by atoms with E-state index >= 15 is 0 Å². The molecule has 1 aliphatic rings. The monoisotopic (exact) mass is 429 g/mol. The number of fused-ring (bicyclic) bond motifs is 1. The molecule has 5 heteroatoms. The van der Waals surface area contributed by atoms with Gasteiger partial charge >= 0.3 is 0 Å².